The summed E-state index contributed by atoms with van der Waals surface area (Å²) >= 11 is 0. The van der Waals surface area contributed by atoms with E-state index in [1.54, 1.807) is 24.3 Å². The number of urea groups is 1. The first kappa shape index (κ1) is 30.2. The van der Waals surface area contributed by atoms with Gasteiger partial charge >= 0.3 is 6.03 Å². The zero-order valence-corrected chi connectivity index (χ0v) is 25.0. The summed E-state index contributed by atoms with van der Waals surface area (Å²) in [6.45, 7) is 7.57. The minimum atomic E-state index is -1.24. The molecule has 1 saturated carbocycles. The van der Waals surface area contributed by atoms with Crippen LogP contribution in [0.2, 0.25) is 25.7 Å². The van der Waals surface area contributed by atoms with Crippen LogP contribution in [0.4, 0.5) is 19.3 Å². The highest BCUT2D eigenvalue weighted by Crippen LogP contribution is 2.43. The predicted molar refractivity (Wildman–Crippen MR) is 159 cm³/mol. The number of halogens is 2. The number of imide groups is 1. The molecule has 2 fully saturated rings. The SMILES string of the molecule is CN1C(=O)N(c2c(F)cc(C#Cc3ccccc3)cc2F)C(=O)C[C@]12CCCC(=N\COCC[Si](C)(C)C)/C2=C\N. The van der Waals surface area contributed by atoms with E-state index in [1.807, 2.05) is 6.07 Å². The number of carbonyl (C=O) groups excluding carboxylic acids is 2. The van der Waals surface area contributed by atoms with Gasteiger partial charge in [-0.15, -0.1) is 0 Å². The number of ether oxygens (including phenoxy) is 1. The third kappa shape index (κ3) is 6.58. The number of anilines is 1. The van der Waals surface area contributed by atoms with E-state index >= 15 is 8.78 Å². The Morgan fingerprint density at radius 1 is 1.10 bits per heavy atom. The second kappa shape index (κ2) is 12.4. The summed E-state index contributed by atoms with van der Waals surface area (Å²) in [5.41, 5.74) is 6.27. The molecular weight excluding hydrogens is 542 g/mol. The van der Waals surface area contributed by atoms with Gasteiger partial charge < -0.3 is 15.4 Å². The van der Waals surface area contributed by atoms with E-state index in [9.17, 15) is 9.59 Å². The summed E-state index contributed by atoms with van der Waals surface area (Å²) in [4.78, 5) is 33.6. The number of rotatable bonds is 6. The van der Waals surface area contributed by atoms with Gasteiger partial charge in [-0.1, -0.05) is 49.7 Å². The van der Waals surface area contributed by atoms with Crippen molar-refractivity contribution >= 4 is 31.4 Å². The molecule has 3 amide bonds. The first-order valence-corrected chi connectivity index (χ1v) is 17.4. The average molecular weight is 579 g/mol. The van der Waals surface area contributed by atoms with E-state index in [0.29, 0.717) is 47.6 Å². The van der Waals surface area contributed by atoms with Crippen molar-refractivity contribution in [3.8, 4) is 11.8 Å². The molecule has 4 rings (SSSR count). The number of likely N-dealkylation sites (N-methyl/N-ethyl adjacent to an activating group) is 1. The highest BCUT2D eigenvalue weighted by Gasteiger charge is 2.53. The van der Waals surface area contributed by atoms with Crippen molar-refractivity contribution in [2.75, 3.05) is 25.3 Å². The van der Waals surface area contributed by atoms with Crippen LogP contribution in [-0.4, -0.2) is 56.5 Å². The zero-order valence-electron chi connectivity index (χ0n) is 24.0. The average Bonchev–Trinajstić information content (AvgIpc) is 2.92. The van der Waals surface area contributed by atoms with Gasteiger partial charge in [0.15, 0.2) is 11.6 Å². The van der Waals surface area contributed by atoms with Crippen LogP contribution in [0, 0.1) is 23.5 Å². The quantitative estimate of drug-likeness (QED) is 0.272. The summed E-state index contributed by atoms with van der Waals surface area (Å²) < 4.78 is 36.3. The smallest absolute Gasteiger partial charge is 0.332 e. The molecule has 1 aliphatic carbocycles. The number of hydrogen-bond acceptors (Lipinski definition) is 5. The molecule has 2 aromatic carbocycles. The summed E-state index contributed by atoms with van der Waals surface area (Å²) in [6, 6.07) is 11.2. The van der Waals surface area contributed by atoms with Crippen LogP contribution in [0.3, 0.4) is 0 Å². The molecule has 10 heteroatoms. The van der Waals surface area contributed by atoms with Crippen LogP contribution in [0.5, 0.6) is 0 Å². The minimum absolute atomic E-state index is 0.0860. The molecule has 1 spiro atoms. The lowest BCUT2D eigenvalue weighted by Crippen LogP contribution is -2.65. The van der Waals surface area contributed by atoms with Gasteiger partial charge in [0, 0.05) is 50.3 Å². The Labute approximate surface area is 241 Å². The van der Waals surface area contributed by atoms with Gasteiger partial charge in [-0.25, -0.2) is 18.5 Å². The molecule has 2 N–H and O–H groups in total. The van der Waals surface area contributed by atoms with Gasteiger partial charge in [0.25, 0.3) is 0 Å². The van der Waals surface area contributed by atoms with Gasteiger partial charge in [0.05, 0.1) is 12.0 Å². The molecule has 41 heavy (non-hydrogen) atoms. The van der Waals surface area contributed by atoms with E-state index in [2.05, 4.69) is 36.5 Å². The molecule has 0 unspecified atom stereocenters. The fourth-order valence-corrected chi connectivity index (χ4v) is 5.98. The van der Waals surface area contributed by atoms with Crippen molar-refractivity contribution in [2.24, 2.45) is 10.7 Å². The Balaban J connectivity index is 1.57. The molecule has 0 aromatic heterocycles. The van der Waals surface area contributed by atoms with Crippen LogP contribution < -0.4 is 10.6 Å². The number of aliphatic imine (C=N–C) groups is 1. The monoisotopic (exact) mass is 578 g/mol. The summed E-state index contributed by atoms with van der Waals surface area (Å²) in [5, 5.41) is 0. The van der Waals surface area contributed by atoms with Gasteiger partial charge in [0.1, 0.15) is 12.4 Å². The maximum atomic E-state index is 15.3. The summed E-state index contributed by atoms with van der Waals surface area (Å²) in [5.74, 6) is 2.75. The van der Waals surface area contributed by atoms with E-state index in [0.717, 1.165) is 18.2 Å². The lowest BCUT2D eigenvalue weighted by molar-refractivity contribution is -0.121. The van der Waals surface area contributed by atoms with E-state index in [1.165, 1.54) is 18.1 Å². The van der Waals surface area contributed by atoms with Gasteiger partial charge in [-0.2, -0.15) is 0 Å². The molecule has 216 valence electrons. The lowest BCUT2D eigenvalue weighted by Gasteiger charge is -2.50. The predicted octanol–water partition coefficient (Wildman–Crippen LogP) is 5.67. The molecule has 2 aliphatic rings. The van der Waals surface area contributed by atoms with Crippen LogP contribution in [-0.2, 0) is 9.53 Å². The summed E-state index contributed by atoms with van der Waals surface area (Å²) in [6.07, 6.45) is 2.94. The standard InChI is InChI=1S/C31H36F2N4O3Si/c1-36-30(39)37(29-25(32)17-23(18-26(29)33)13-12-22-9-6-5-7-10-22)28(38)19-31(36)14-8-11-27(24(31)20-34)35-21-40-15-16-41(2,3)4/h5-7,9-10,17-18,20H,8,11,14-16,19,21,34H2,1-4H3/b24-20+,35-27+/t31-/m0/s1. The third-order valence-electron chi connectivity index (χ3n) is 7.50. The number of benzene rings is 2. The normalized spacial score (nSPS) is 21.5. The molecule has 7 nitrogen and oxygen atoms in total. The molecular formula is C31H36F2N4O3Si. The lowest BCUT2D eigenvalue weighted by atomic mass is 9.72. The largest absolute Gasteiger partial charge is 0.404 e. The highest BCUT2D eigenvalue weighted by molar-refractivity contribution is 6.76. The Bertz CT molecular complexity index is 1420. The zero-order chi connectivity index (χ0) is 29.8. The van der Waals surface area contributed by atoms with Crippen molar-refractivity contribution in [1.29, 1.82) is 0 Å². The van der Waals surface area contributed by atoms with E-state index < -0.39 is 42.9 Å². The van der Waals surface area contributed by atoms with Crippen molar-refractivity contribution in [3.05, 3.63) is 77.0 Å². The molecule has 1 aliphatic heterocycles. The third-order valence-corrected chi connectivity index (χ3v) is 9.21. The van der Waals surface area contributed by atoms with E-state index in [-0.39, 0.29) is 18.7 Å². The molecule has 1 saturated heterocycles. The molecule has 1 heterocycles. The van der Waals surface area contributed by atoms with Crippen LogP contribution in [0.25, 0.3) is 0 Å². The minimum Gasteiger partial charge on any atom is -0.404 e. The molecule has 0 bridgehead atoms. The maximum absolute atomic E-state index is 15.3. The fraction of sp³-hybridized carbons (Fsp3) is 0.387. The maximum Gasteiger partial charge on any atom is 0.332 e. The van der Waals surface area contributed by atoms with Crippen LogP contribution in [0.1, 0.15) is 36.8 Å². The Morgan fingerprint density at radius 2 is 1.76 bits per heavy atom. The van der Waals surface area contributed by atoms with Crippen LogP contribution in [0.15, 0.2) is 59.2 Å². The van der Waals surface area contributed by atoms with Crippen LogP contribution >= 0.6 is 0 Å². The van der Waals surface area contributed by atoms with Crippen molar-refractivity contribution in [2.45, 2.75) is 56.9 Å². The highest BCUT2D eigenvalue weighted by atomic mass is 28.3. The first-order valence-electron chi connectivity index (χ1n) is 13.7. The Morgan fingerprint density at radius 3 is 2.39 bits per heavy atom. The Kier molecular flexibility index (Phi) is 9.10. The van der Waals surface area contributed by atoms with Gasteiger partial charge in [0.2, 0.25) is 5.91 Å². The number of nitrogens with two attached hydrogens (primary N) is 1. The molecule has 1 atom stereocenters. The topological polar surface area (TPSA) is 88.2 Å². The first-order chi connectivity index (χ1) is 19.5. The van der Waals surface area contributed by atoms with Gasteiger partial charge in [-0.3, -0.25) is 9.79 Å². The fourth-order valence-electron chi connectivity index (χ4n) is 5.23. The number of amides is 3. The number of carbonyl (C=O) groups is 2. The number of hydrogen-bond donors (Lipinski definition) is 1. The molecule has 2 aromatic rings. The van der Waals surface area contributed by atoms with E-state index in [4.69, 9.17) is 10.5 Å². The summed E-state index contributed by atoms with van der Waals surface area (Å²) in [7, 11) is 0.283. The van der Waals surface area contributed by atoms with Crippen molar-refractivity contribution < 1.29 is 23.1 Å². The van der Waals surface area contributed by atoms with Gasteiger partial charge in [-0.05, 0) is 49.6 Å². The molecule has 0 radical (unpaired) electrons. The number of nitrogens with zero attached hydrogens (tertiary/aromatic N) is 3. The second-order valence-electron chi connectivity index (χ2n) is 11.6. The van der Waals surface area contributed by atoms with Crippen molar-refractivity contribution in [1.82, 2.24) is 4.90 Å². The Hall–Kier alpha value is -3.81. The van der Waals surface area contributed by atoms with Crippen molar-refractivity contribution in [3.63, 3.8) is 0 Å². The second-order valence-corrected chi connectivity index (χ2v) is 17.2.